The molecule has 1 saturated heterocycles. The molecule has 2 heterocycles. The minimum atomic E-state index is 0.174. The van der Waals surface area contributed by atoms with Crippen molar-refractivity contribution in [3.05, 3.63) is 35.5 Å². The number of aromatic amines is 1. The number of hydrogen-bond donors (Lipinski definition) is 1. The van der Waals surface area contributed by atoms with Crippen LogP contribution in [0.5, 0.6) is 0 Å². The zero-order valence-electron chi connectivity index (χ0n) is 12.8. The number of rotatable bonds is 3. The number of carbonyl (C=O) groups is 1. The summed E-state index contributed by atoms with van der Waals surface area (Å²) < 4.78 is 5.72. The molecule has 4 nitrogen and oxygen atoms in total. The first-order valence-electron chi connectivity index (χ1n) is 7.51. The monoisotopic (exact) mass is 286 g/mol. The van der Waals surface area contributed by atoms with Gasteiger partial charge >= 0.3 is 0 Å². The van der Waals surface area contributed by atoms with Crippen molar-refractivity contribution in [2.24, 2.45) is 0 Å². The molecule has 1 fully saturated rings. The van der Waals surface area contributed by atoms with Crippen LogP contribution >= 0.6 is 0 Å². The van der Waals surface area contributed by atoms with Crippen molar-refractivity contribution < 1.29 is 9.53 Å². The molecule has 3 rings (SSSR count). The molecule has 1 aromatic carbocycles. The van der Waals surface area contributed by atoms with Gasteiger partial charge in [0.25, 0.3) is 0 Å². The van der Waals surface area contributed by atoms with Gasteiger partial charge < -0.3 is 9.72 Å². The first kappa shape index (κ1) is 14.3. The molecule has 1 aliphatic heterocycles. The Morgan fingerprint density at radius 1 is 1.33 bits per heavy atom. The standard InChI is InChI=1S/C17H22N2O2/c1-11-4-5-16-14(6-11)15(7-18-16)17(20)10-19-8-12(2)21-13(3)9-19/h4-7,12-13,18H,8-10H2,1-3H3/t12-,13+. The molecule has 1 aromatic heterocycles. The van der Waals surface area contributed by atoms with E-state index in [4.69, 9.17) is 4.74 Å². The molecule has 0 unspecified atom stereocenters. The van der Waals surface area contributed by atoms with Crippen molar-refractivity contribution in [3.63, 3.8) is 0 Å². The largest absolute Gasteiger partial charge is 0.373 e. The van der Waals surface area contributed by atoms with Gasteiger partial charge in [-0.3, -0.25) is 9.69 Å². The van der Waals surface area contributed by atoms with Gasteiger partial charge in [0.2, 0.25) is 0 Å². The Morgan fingerprint density at radius 3 is 2.76 bits per heavy atom. The lowest BCUT2D eigenvalue weighted by Crippen LogP contribution is -2.47. The molecule has 112 valence electrons. The van der Waals surface area contributed by atoms with Crippen LogP contribution in [0.4, 0.5) is 0 Å². The quantitative estimate of drug-likeness (QED) is 0.883. The van der Waals surface area contributed by atoms with Gasteiger partial charge in [-0.1, -0.05) is 11.6 Å². The van der Waals surface area contributed by atoms with Gasteiger partial charge in [-0.05, 0) is 32.9 Å². The van der Waals surface area contributed by atoms with Crippen molar-refractivity contribution in [2.75, 3.05) is 19.6 Å². The van der Waals surface area contributed by atoms with Gasteiger partial charge in [-0.15, -0.1) is 0 Å². The molecule has 2 atom stereocenters. The maximum atomic E-state index is 12.6. The number of aryl methyl sites for hydroxylation is 1. The van der Waals surface area contributed by atoms with E-state index >= 15 is 0 Å². The van der Waals surface area contributed by atoms with Gasteiger partial charge in [0.15, 0.2) is 5.78 Å². The minimum Gasteiger partial charge on any atom is -0.373 e. The summed E-state index contributed by atoms with van der Waals surface area (Å²) in [5, 5.41) is 1.02. The van der Waals surface area contributed by atoms with Crippen molar-refractivity contribution in [1.29, 1.82) is 0 Å². The number of Topliss-reactive ketones (excluding diaryl/α,β-unsaturated/α-hetero) is 1. The number of nitrogens with zero attached hydrogens (tertiary/aromatic N) is 1. The van der Waals surface area contributed by atoms with Crippen LogP contribution in [0.3, 0.4) is 0 Å². The Labute approximate surface area is 125 Å². The lowest BCUT2D eigenvalue weighted by molar-refractivity contribution is -0.0652. The van der Waals surface area contributed by atoms with Gasteiger partial charge in [0.1, 0.15) is 0 Å². The number of nitrogens with one attached hydrogen (secondary N) is 1. The number of morpholine rings is 1. The van der Waals surface area contributed by atoms with E-state index in [0.717, 1.165) is 29.6 Å². The van der Waals surface area contributed by atoms with Gasteiger partial charge in [0.05, 0.1) is 18.8 Å². The molecule has 1 aliphatic rings. The lowest BCUT2D eigenvalue weighted by atomic mass is 10.1. The van der Waals surface area contributed by atoms with E-state index in [0.29, 0.717) is 6.54 Å². The Balaban J connectivity index is 1.79. The van der Waals surface area contributed by atoms with E-state index in [-0.39, 0.29) is 18.0 Å². The molecule has 4 heteroatoms. The molecule has 0 radical (unpaired) electrons. The topological polar surface area (TPSA) is 45.3 Å². The van der Waals surface area contributed by atoms with E-state index in [1.54, 1.807) is 0 Å². The van der Waals surface area contributed by atoms with Crippen LogP contribution in [-0.2, 0) is 4.74 Å². The number of ether oxygens (including phenoxy) is 1. The Bertz CT molecular complexity index is 652. The molecule has 0 bridgehead atoms. The van der Waals surface area contributed by atoms with E-state index < -0.39 is 0 Å². The average Bonchev–Trinajstić information content (AvgIpc) is 2.80. The van der Waals surface area contributed by atoms with Crippen LogP contribution in [0, 0.1) is 6.92 Å². The SMILES string of the molecule is Cc1ccc2[nH]cc(C(=O)CN3C[C@@H](C)O[C@@H](C)C3)c2c1. The van der Waals surface area contributed by atoms with Crippen molar-refractivity contribution >= 4 is 16.7 Å². The lowest BCUT2D eigenvalue weighted by Gasteiger charge is -2.34. The molecule has 2 aromatic rings. The van der Waals surface area contributed by atoms with Crippen LogP contribution in [0.15, 0.2) is 24.4 Å². The second-order valence-corrected chi connectivity index (χ2v) is 6.13. The predicted molar refractivity (Wildman–Crippen MR) is 83.8 cm³/mol. The zero-order valence-corrected chi connectivity index (χ0v) is 12.8. The predicted octanol–water partition coefficient (Wildman–Crippen LogP) is 2.77. The van der Waals surface area contributed by atoms with E-state index in [1.807, 2.05) is 19.2 Å². The second kappa shape index (κ2) is 5.62. The third kappa shape index (κ3) is 3.01. The highest BCUT2D eigenvalue weighted by molar-refractivity contribution is 6.08. The fourth-order valence-electron chi connectivity index (χ4n) is 3.17. The van der Waals surface area contributed by atoms with Crippen molar-refractivity contribution in [3.8, 4) is 0 Å². The van der Waals surface area contributed by atoms with E-state index in [1.165, 1.54) is 5.56 Å². The summed E-state index contributed by atoms with van der Waals surface area (Å²) >= 11 is 0. The fraction of sp³-hybridized carbons (Fsp3) is 0.471. The van der Waals surface area contributed by atoms with Crippen LogP contribution < -0.4 is 0 Å². The highest BCUT2D eigenvalue weighted by Crippen LogP contribution is 2.21. The first-order chi connectivity index (χ1) is 10.0. The fourth-order valence-corrected chi connectivity index (χ4v) is 3.17. The van der Waals surface area contributed by atoms with Gasteiger partial charge in [0, 0.05) is 35.8 Å². The average molecular weight is 286 g/mol. The highest BCUT2D eigenvalue weighted by atomic mass is 16.5. The summed E-state index contributed by atoms with van der Waals surface area (Å²) in [6.07, 6.45) is 2.21. The van der Waals surface area contributed by atoms with Crippen LogP contribution in [0.25, 0.3) is 10.9 Å². The normalized spacial score (nSPS) is 23.6. The Kier molecular flexibility index (Phi) is 3.83. The number of ketones is 1. The number of carbonyl (C=O) groups excluding carboxylic acids is 1. The summed E-state index contributed by atoms with van der Waals surface area (Å²) in [4.78, 5) is 18.0. The van der Waals surface area contributed by atoms with Crippen LogP contribution in [-0.4, -0.2) is 47.5 Å². The first-order valence-corrected chi connectivity index (χ1v) is 7.51. The smallest absolute Gasteiger partial charge is 0.178 e. The van der Waals surface area contributed by atoms with E-state index in [2.05, 4.69) is 35.9 Å². The molecule has 0 saturated carbocycles. The molecule has 21 heavy (non-hydrogen) atoms. The molecule has 0 spiro atoms. The number of fused-ring (bicyclic) bond motifs is 1. The maximum Gasteiger partial charge on any atom is 0.178 e. The molecular formula is C17H22N2O2. The second-order valence-electron chi connectivity index (χ2n) is 6.13. The number of hydrogen-bond acceptors (Lipinski definition) is 3. The van der Waals surface area contributed by atoms with Crippen LogP contribution in [0.2, 0.25) is 0 Å². The maximum absolute atomic E-state index is 12.6. The van der Waals surface area contributed by atoms with Gasteiger partial charge in [-0.2, -0.15) is 0 Å². The van der Waals surface area contributed by atoms with Gasteiger partial charge in [-0.25, -0.2) is 0 Å². The molecule has 0 amide bonds. The minimum absolute atomic E-state index is 0.174. The summed E-state index contributed by atoms with van der Waals surface area (Å²) in [5.74, 6) is 0.174. The molecular weight excluding hydrogens is 264 g/mol. The van der Waals surface area contributed by atoms with E-state index in [9.17, 15) is 4.79 Å². The van der Waals surface area contributed by atoms with Crippen LogP contribution in [0.1, 0.15) is 29.8 Å². The third-order valence-corrected chi connectivity index (χ3v) is 4.00. The number of benzene rings is 1. The Hall–Kier alpha value is -1.65. The molecule has 0 aliphatic carbocycles. The third-order valence-electron chi connectivity index (χ3n) is 4.00. The summed E-state index contributed by atoms with van der Waals surface area (Å²) in [6, 6.07) is 6.16. The summed E-state index contributed by atoms with van der Waals surface area (Å²) in [7, 11) is 0. The summed E-state index contributed by atoms with van der Waals surface area (Å²) in [5.41, 5.74) is 2.98. The highest BCUT2D eigenvalue weighted by Gasteiger charge is 2.24. The molecule has 1 N–H and O–H groups in total. The van der Waals surface area contributed by atoms with Crippen molar-refractivity contribution in [1.82, 2.24) is 9.88 Å². The van der Waals surface area contributed by atoms with Crippen molar-refractivity contribution in [2.45, 2.75) is 33.0 Å². The number of aromatic nitrogens is 1. The summed E-state index contributed by atoms with van der Waals surface area (Å²) in [6.45, 7) is 8.25. The number of H-pyrrole nitrogens is 1. The Morgan fingerprint density at radius 2 is 2.05 bits per heavy atom. The zero-order chi connectivity index (χ0) is 15.0.